The largest absolute Gasteiger partial charge is 0.462 e. The number of rotatable bonds is 2. The summed E-state index contributed by atoms with van der Waals surface area (Å²) in [6, 6.07) is 0. The van der Waals surface area contributed by atoms with Crippen molar-refractivity contribution in [1.82, 2.24) is 0 Å². The number of esters is 1. The molecular formula is C10H8F6O3. The Balaban J connectivity index is 3.56. The smallest absolute Gasteiger partial charge is 0.450 e. The third kappa shape index (κ3) is 3.02. The maximum atomic E-state index is 12.7. The van der Waals surface area contributed by atoms with Crippen LogP contribution in [0.25, 0.3) is 0 Å². The Bertz CT molecular complexity index is 483. The quantitative estimate of drug-likeness (QED) is 0.614. The van der Waals surface area contributed by atoms with Crippen molar-refractivity contribution in [2.24, 2.45) is 0 Å². The van der Waals surface area contributed by atoms with Crippen molar-refractivity contribution in [2.75, 3.05) is 6.61 Å². The second-order valence-corrected chi connectivity index (χ2v) is 3.45. The van der Waals surface area contributed by atoms with Crippen LogP contribution in [0.2, 0.25) is 0 Å². The summed E-state index contributed by atoms with van der Waals surface area (Å²) < 4.78 is 83.8. The first-order chi connectivity index (χ1) is 8.50. The van der Waals surface area contributed by atoms with Crippen molar-refractivity contribution in [1.29, 1.82) is 0 Å². The van der Waals surface area contributed by atoms with E-state index in [1.54, 1.807) is 0 Å². The van der Waals surface area contributed by atoms with Crippen molar-refractivity contribution in [3.8, 4) is 0 Å². The number of aryl methyl sites for hydroxylation is 1. The first kappa shape index (κ1) is 15.4. The van der Waals surface area contributed by atoms with E-state index in [1.165, 1.54) is 6.92 Å². The van der Waals surface area contributed by atoms with E-state index in [2.05, 4.69) is 9.15 Å². The molecule has 0 amide bonds. The molecule has 0 radical (unpaired) electrons. The van der Waals surface area contributed by atoms with Crippen LogP contribution >= 0.6 is 0 Å². The fourth-order valence-electron chi connectivity index (χ4n) is 1.46. The highest BCUT2D eigenvalue weighted by Gasteiger charge is 2.51. The van der Waals surface area contributed by atoms with Gasteiger partial charge < -0.3 is 9.15 Å². The number of carbonyl (C=O) groups is 1. The summed E-state index contributed by atoms with van der Waals surface area (Å²) in [4.78, 5) is 11.3. The molecule has 1 aromatic rings. The van der Waals surface area contributed by atoms with Gasteiger partial charge in [-0.25, -0.2) is 4.79 Å². The van der Waals surface area contributed by atoms with E-state index < -0.39 is 41.0 Å². The van der Waals surface area contributed by atoms with Gasteiger partial charge in [-0.3, -0.25) is 0 Å². The van der Waals surface area contributed by atoms with Crippen LogP contribution < -0.4 is 0 Å². The Morgan fingerprint density at radius 2 is 1.68 bits per heavy atom. The maximum Gasteiger partial charge on any atom is 0.450 e. The maximum absolute atomic E-state index is 12.7. The molecule has 1 rings (SSSR count). The van der Waals surface area contributed by atoms with E-state index in [9.17, 15) is 31.1 Å². The van der Waals surface area contributed by atoms with Crippen molar-refractivity contribution in [3.05, 3.63) is 22.6 Å². The molecule has 0 fully saturated rings. The van der Waals surface area contributed by atoms with Gasteiger partial charge in [-0.15, -0.1) is 0 Å². The standard InChI is InChI=1S/C10H8F6O3/c1-3-18-8(17)5-4(2)19-7(10(14,15)16)6(5)9(11,12)13/h3H2,1-2H3. The second kappa shape index (κ2) is 4.78. The van der Waals surface area contributed by atoms with Gasteiger partial charge in [-0.2, -0.15) is 26.3 Å². The highest BCUT2D eigenvalue weighted by atomic mass is 19.4. The lowest BCUT2D eigenvalue weighted by atomic mass is 10.1. The monoisotopic (exact) mass is 290 g/mol. The molecule has 108 valence electrons. The van der Waals surface area contributed by atoms with Crippen LogP contribution in [0.15, 0.2) is 4.42 Å². The molecule has 1 aromatic heterocycles. The van der Waals surface area contributed by atoms with Crippen molar-refractivity contribution >= 4 is 5.97 Å². The lowest BCUT2D eigenvalue weighted by Crippen LogP contribution is -2.18. The molecule has 0 atom stereocenters. The number of ether oxygens (including phenoxy) is 1. The molecule has 19 heavy (non-hydrogen) atoms. The zero-order chi connectivity index (χ0) is 15.0. The first-order valence-electron chi connectivity index (χ1n) is 4.95. The molecule has 0 aliphatic rings. The highest BCUT2D eigenvalue weighted by Crippen LogP contribution is 2.44. The SMILES string of the molecule is CCOC(=O)c1c(C)oc(C(F)(F)F)c1C(F)(F)F. The van der Waals surface area contributed by atoms with Gasteiger partial charge in [0.15, 0.2) is 0 Å². The van der Waals surface area contributed by atoms with E-state index in [-0.39, 0.29) is 6.61 Å². The molecule has 0 aliphatic heterocycles. The third-order valence-electron chi connectivity index (χ3n) is 2.10. The predicted octanol–water partition coefficient (Wildman–Crippen LogP) is 3.80. The molecular weight excluding hydrogens is 282 g/mol. The molecule has 3 nitrogen and oxygen atoms in total. The number of alkyl halides is 6. The molecule has 0 unspecified atom stereocenters. The molecule has 1 heterocycles. The van der Waals surface area contributed by atoms with Crippen LogP contribution in [-0.2, 0) is 17.1 Å². The molecule has 0 spiro atoms. The summed E-state index contributed by atoms with van der Waals surface area (Å²) in [7, 11) is 0. The minimum absolute atomic E-state index is 0.276. The zero-order valence-electron chi connectivity index (χ0n) is 9.70. The van der Waals surface area contributed by atoms with Gasteiger partial charge in [0.05, 0.1) is 6.61 Å². The fraction of sp³-hybridized carbons (Fsp3) is 0.500. The van der Waals surface area contributed by atoms with Crippen LogP contribution in [0.1, 0.15) is 34.4 Å². The van der Waals surface area contributed by atoms with E-state index in [0.29, 0.717) is 0 Å². The van der Waals surface area contributed by atoms with Crippen LogP contribution in [0.4, 0.5) is 26.3 Å². The van der Waals surface area contributed by atoms with Crippen LogP contribution in [0.5, 0.6) is 0 Å². The Morgan fingerprint density at radius 3 is 2.05 bits per heavy atom. The molecule has 0 saturated carbocycles. The summed E-state index contributed by atoms with van der Waals surface area (Å²) in [6.45, 7) is 1.87. The number of hydrogen-bond donors (Lipinski definition) is 0. The zero-order valence-corrected chi connectivity index (χ0v) is 9.70. The van der Waals surface area contributed by atoms with Gasteiger partial charge in [0.1, 0.15) is 16.9 Å². The normalized spacial score (nSPS) is 12.6. The lowest BCUT2D eigenvalue weighted by Gasteiger charge is -2.10. The first-order valence-corrected chi connectivity index (χ1v) is 4.95. The van der Waals surface area contributed by atoms with Crippen LogP contribution in [0.3, 0.4) is 0 Å². The Kier molecular flexibility index (Phi) is 3.87. The van der Waals surface area contributed by atoms with Crippen LogP contribution in [-0.4, -0.2) is 12.6 Å². The molecule has 0 bridgehead atoms. The molecule has 0 aliphatic carbocycles. The number of furan rings is 1. The Morgan fingerprint density at radius 1 is 1.16 bits per heavy atom. The number of carbonyl (C=O) groups excluding carboxylic acids is 1. The summed E-state index contributed by atoms with van der Waals surface area (Å²) in [5.74, 6) is -4.55. The topological polar surface area (TPSA) is 39.4 Å². The van der Waals surface area contributed by atoms with Gasteiger partial charge in [0, 0.05) is 0 Å². The average molecular weight is 290 g/mol. The van der Waals surface area contributed by atoms with Gasteiger partial charge >= 0.3 is 18.3 Å². The van der Waals surface area contributed by atoms with Crippen molar-refractivity contribution < 1.29 is 40.3 Å². The fourth-order valence-corrected chi connectivity index (χ4v) is 1.46. The average Bonchev–Trinajstić information content (AvgIpc) is 2.55. The van der Waals surface area contributed by atoms with Crippen molar-refractivity contribution in [3.63, 3.8) is 0 Å². The van der Waals surface area contributed by atoms with Gasteiger partial charge in [0.25, 0.3) is 0 Å². The minimum atomic E-state index is -5.38. The van der Waals surface area contributed by atoms with Gasteiger partial charge in [-0.05, 0) is 13.8 Å². The lowest BCUT2D eigenvalue weighted by molar-refractivity contribution is -0.172. The summed E-state index contributed by atoms with van der Waals surface area (Å²) >= 11 is 0. The number of halogens is 6. The van der Waals surface area contributed by atoms with E-state index in [1.807, 2.05) is 0 Å². The predicted molar refractivity (Wildman–Crippen MR) is 49.4 cm³/mol. The van der Waals surface area contributed by atoms with E-state index in [0.717, 1.165) is 6.92 Å². The Labute approximate surface area is 103 Å². The number of hydrogen-bond acceptors (Lipinski definition) is 3. The highest BCUT2D eigenvalue weighted by molar-refractivity contribution is 5.92. The Hall–Kier alpha value is -1.67. The molecule has 0 saturated heterocycles. The van der Waals surface area contributed by atoms with Gasteiger partial charge in [0.2, 0.25) is 5.76 Å². The minimum Gasteiger partial charge on any atom is -0.462 e. The molecule has 9 heteroatoms. The second-order valence-electron chi connectivity index (χ2n) is 3.45. The summed E-state index contributed by atoms with van der Waals surface area (Å²) in [5.41, 5.74) is -3.40. The van der Waals surface area contributed by atoms with E-state index in [4.69, 9.17) is 0 Å². The molecule has 0 aromatic carbocycles. The van der Waals surface area contributed by atoms with Crippen molar-refractivity contribution in [2.45, 2.75) is 26.2 Å². The molecule has 0 N–H and O–H groups in total. The van der Waals surface area contributed by atoms with Crippen LogP contribution in [0, 0.1) is 6.92 Å². The summed E-state index contributed by atoms with van der Waals surface area (Å²) in [5, 5.41) is 0. The van der Waals surface area contributed by atoms with Gasteiger partial charge in [-0.1, -0.05) is 0 Å². The van der Waals surface area contributed by atoms with E-state index >= 15 is 0 Å². The summed E-state index contributed by atoms with van der Waals surface area (Å²) in [6.07, 6.45) is -10.7. The third-order valence-corrected chi connectivity index (χ3v) is 2.10.